The third kappa shape index (κ3) is 1.76. The maximum Gasteiger partial charge on any atom is -0.0143 e. The lowest BCUT2D eigenvalue weighted by Gasteiger charge is -2.13. The van der Waals surface area contributed by atoms with Crippen molar-refractivity contribution in [3.8, 4) is 0 Å². The van der Waals surface area contributed by atoms with Crippen LogP contribution in [0.4, 0.5) is 0 Å². The van der Waals surface area contributed by atoms with Gasteiger partial charge in [-0.1, -0.05) is 44.6 Å². The Morgan fingerprint density at radius 2 is 2.06 bits per heavy atom. The largest absolute Gasteiger partial charge is 0.0766 e. The molecule has 0 heterocycles. The van der Waals surface area contributed by atoms with Crippen LogP contribution in [-0.2, 0) is 6.42 Å². The fraction of sp³-hybridized carbons (Fsp3) is 0.412. The molecule has 0 heteroatoms. The first-order valence-corrected chi connectivity index (χ1v) is 6.85. The van der Waals surface area contributed by atoms with Gasteiger partial charge in [-0.3, -0.25) is 0 Å². The fourth-order valence-corrected chi connectivity index (χ4v) is 3.15. The van der Waals surface area contributed by atoms with Crippen LogP contribution in [0.3, 0.4) is 0 Å². The monoisotopic (exact) mass is 224 g/mol. The molecule has 88 valence electrons. The summed E-state index contributed by atoms with van der Waals surface area (Å²) in [5.74, 6) is 0.692. The minimum absolute atomic E-state index is 0.692. The van der Waals surface area contributed by atoms with Gasteiger partial charge in [0.25, 0.3) is 0 Å². The summed E-state index contributed by atoms with van der Waals surface area (Å²) in [6, 6.07) is 4.81. The zero-order valence-corrected chi connectivity index (χ0v) is 10.8. The third-order valence-corrected chi connectivity index (χ3v) is 4.10. The maximum atomic E-state index is 2.42. The SMILES string of the molecule is CCCC(C)C1=CC=c2cc3c(cc21)=CCC3. The number of rotatable bonds is 3. The first-order valence-electron chi connectivity index (χ1n) is 6.85. The molecule has 3 rings (SSSR count). The lowest BCUT2D eigenvalue weighted by atomic mass is 9.91. The van der Waals surface area contributed by atoms with Gasteiger partial charge in [-0.25, -0.2) is 0 Å². The van der Waals surface area contributed by atoms with Crippen molar-refractivity contribution in [1.29, 1.82) is 0 Å². The summed E-state index contributed by atoms with van der Waals surface area (Å²) >= 11 is 0. The van der Waals surface area contributed by atoms with E-state index in [-0.39, 0.29) is 0 Å². The van der Waals surface area contributed by atoms with Crippen LogP contribution in [0.25, 0.3) is 17.7 Å². The second-order valence-electron chi connectivity index (χ2n) is 5.36. The molecule has 0 aromatic heterocycles. The van der Waals surface area contributed by atoms with Gasteiger partial charge in [0.05, 0.1) is 0 Å². The number of fused-ring (bicyclic) bond motifs is 2. The molecule has 2 aliphatic carbocycles. The number of aryl methyl sites for hydroxylation is 1. The zero-order valence-electron chi connectivity index (χ0n) is 10.8. The van der Waals surface area contributed by atoms with Gasteiger partial charge in [-0.15, -0.1) is 0 Å². The van der Waals surface area contributed by atoms with E-state index in [9.17, 15) is 0 Å². The van der Waals surface area contributed by atoms with E-state index in [0.29, 0.717) is 5.92 Å². The van der Waals surface area contributed by atoms with Crippen LogP contribution >= 0.6 is 0 Å². The molecule has 0 radical (unpaired) electrons. The Kier molecular flexibility index (Phi) is 2.66. The second kappa shape index (κ2) is 4.18. The minimum atomic E-state index is 0.692. The van der Waals surface area contributed by atoms with Gasteiger partial charge in [0, 0.05) is 0 Å². The van der Waals surface area contributed by atoms with Crippen LogP contribution in [-0.4, -0.2) is 0 Å². The minimum Gasteiger partial charge on any atom is -0.0766 e. The summed E-state index contributed by atoms with van der Waals surface area (Å²) in [4.78, 5) is 0. The molecule has 0 aliphatic heterocycles. The van der Waals surface area contributed by atoms with E-state index in [1.54, 1.807) is 5.57 Å². The molecule has 0 amide bonds. The summed E-state index contributed by atoms with van der Waals surface area (Å²) < 4.78 is 0. The summed E-state index contributed by atoms with van der Waals surface area (Å²) in [6.07, 6.45) is 12.0. The quantitative estimate of drug-likeness (QED) is 0.740. The fourth-order valence-electron chi connectivity index (χ4n) is 3.15. The average molecular weight is 224 g/mol. The van der Waals surface area contributed by atoms with Crippen LogP contribution in [0.15, 0.2) is 18.2 Å². The molecular weight excluding hydrogens is 204 g/mol. The number of hydrogen-bond acceptors (Lipinski definition) is 0. The molecule has 0 saturated carbocycles. The molecule has 17 heavy (non-hydrogen) atoms. The van der Waals surface area contributed by atoms with Crippen LogP contribution in [0.1, 0.15) is 44.2 Å². The van der Waals surface area contributed by atoms with Gasteiger partial charge in [-0.2, -0.15) is 0 Å². The number of benzene rings is 1. The number of allylic oxidation sites excluding steroid dienone is 2. The summed E-state index contributed by atoms with van der Waals surface area (Å²) in [7, 11) is 0. The lowest BCUT2D eigenvalue weighted by molar-refractivity contribution is 0.650. The molecule has 0 saturated heterocycles. The Morgan fingerprint density at radius 3 is 2.88 bits per heavy atom. The smallest absolute Gasteiger partial charge is 0.0143 e. The molecule has 0 fully saturated rings. The standard InChI is InChI=1S/C17H20/c1-3-5-12(2)16-9-8-15-10-13-6-4-7-14(13)11-17(15)16/h7-12H,3-6H2,1-2H3. The normalized spacial score (nSPS) is 17.9. The van der Waals surface area contributed by atoms with Crippen molar-refractivity contribution < 1.29 is 0 Å². The second-order valence-corrected chi connectivity index (χ2v) is 5.36. The third-order valence-electron chi connectivity index (χ3n) is 4.10. The van der Waals surface area contributed by atoms with Crippen molar-refractivity contribution in [3.05, 3.63) is 39.8 Å². The highest BCUT2D eigenvalue weighted by atomic mass is 14.2. The van der Waals surface area contributed by atoms with Gasteiger partial charge < -0.3 is 0 Å². The molecule has 0 nitrogen and oxygen atoms in total. The van der Waals surface area contributed by atoms with Gasteiger partial charge in [-0.05, 0) is 58.4 Å². The zero-order chi connectivity index (χ0) is 11.8. The molecule has 1 aromatic carbocycles. The van der Waals surface area contributed by atoms with Crippen LogP contribution < -0.4 is 10.4 Å². The molecule has 0 spiro atoms. The Labute approximate surface area is 103 Å². The van der Waals surface area contributed by atoms with E-state index in [0.717, 1.165) is 0 Å². The maximum absolute atomic E-state index is 2.42. The van der Waals surface area contributed by atoms with E-state index >= 15 is 0 Å². The van der Waals surface area contributed by atoms with E-state index < -0.39 is 0 Å². The van der Waals surface area contributed by atoms with Crippen molar-refractivity contribution >= 4 is 17.7 Å². The topological polar surface area (TPSA) is 0 Å². The van der Waals surface area contributed by atoms with E-state index in [4.69, 9.17) is 0 Å². The van der Waals surface area contributed by atoms with E-state index in [1.165, 1.54) is 47.2 Å². The Hall–Kier alpha value is -1.30. The molecule has 1 atom stereocenters. The molecular formula is C17H20. The lowest BCUT2D eigenvalue weighted by Crippen LogP contribution is -2.16. The average Bonchev–Trinajstić information content (AvgIpc) is 2.91. The van der Waals surface area contributed by atoms with Gasteiger partial charge in [0.15, 0.2) is 0 Å². The predicted octanol–water partition coefficient (Wildman–Crippen LogP) is 3.03. The van der Waals surface area contributed by atoms with E-state index in [2.05, 4.69) is 44.2 Å². The summed E-state index contributed by atoms with van der Waals surface area (Å²) in [5.41, 5.74) is 4.57. The Bertz CT molecular complexity index is 587. The summed E-state index contributed by atoms with van der Waals surface area (Å²) in [6.45, 7) is 4.63. The number of hydrogen-bond donors (Lipinski definition) is 0. The van der Waals surface area contributed by atoms with Crippen molar-refractivity contribution in [3.63, 3.8) is 0 Å². The first kappa shape index (κ1) is 10.8. The highest BCUT2D eigenvalue weighted by Gasteiger charge is 2.16. The Morgan fingerprint density at radius 1 is 1.18 bits per heavy atom. The van der Waals surface area contributed by atoms with Crippen molar-refractivity contribution in [1.82, 2.24) is 0 Å². The molecule has 0 bridgehead atoms. The predicted molar refractivity (Wildman–Crippen MR) is 75.0 cm³/mol. The van der Waals surface area contributed by atoms with Gasteiger partial charge in [0.2, 0.25) is 0 Å². The van der Waals surface area contributed by atoms with Crippen molar-refractivity contribution in [2.45, 2.75) is 39.5 Å². The van der Waals surface area contributed by atoms with Gasteiger partial charge in [0.1, 0.15) is 0 Å². The Balaban J connectivity index is 2.04. The highest BCUT2D eigenvalue weighted by molar-refractivity contribution is 5.79. The van der Waals surface area contributed by atoms with Crippen molar-refractivity contribution in [2.75, 3.05) is 0 Å². The highest BCUT2D eigenvalue weighted by Crippen LogP contribution is 2.27. The first-order chi connectivity index (χ1) is 8.29. The molecule has 1 unspecified atom stereocenters. The van der Waals surface area contributed by atoms with Crippen molar-refractivity contribution in [2.24, 2.45) is 5.92 Å². The van der Waals surface area contributed by atoms with Crippen LogP contribution in [0.2, 0.25) is 0 Å². The molecule has 0 N–H and O–H groups in total. The van der Waals surface area contributed by atoms with Gasteiger partial charge >= 0.3 is 0 Å². The van der Waals surface area contributed by atoms with Crippen LogP contribution in [0.5, 0.6) is 0 Å². The molecule has 2 aliphatic rings. The summed E-state index contributed by atoms with van der Waals surface area (Å²) in [5, 5.41) is 2.92. The van der Waals surface area contributed by atoms with E-state index in [1.807, 2.05) is 0 Å². The van der Waals surface area contributed by atoms with Crippen LogP contribution in [0, 0.1) is 5.92 Å². The molecule has 1 aromatic rings.